The van der Waals surface area contributed by atoms with Crippen LogP contribution in [0.4, 0.5) is 10.2 Å². The second-order valence-corrected chi connectivity index (χ2v) is 14.8. The zero-order valence-corrected chi connectivity index (χ0v) is 27.5. The standard InChI is InChI=1S/C38H41FN6O3/c1-4-22-6-5-7-23-14-26(46)15-27(32(22)23)28-16-31-33-35(34(28)39)41-37(42-36(33)45-17-24-8-9-29(40-24)30(45)19-47-31)48-21-38(11-12-38)20-44-13-10-25(18-44)43(2)3/h1,5-7,14-16,24-25,29-30,40,46H,8-13,17-21H2,2-3H3/t24-,25-,29+,30-/m1/s1. The number of fused-ring (bicyclic) bond motifs is 6. The van der Waals surface area contributed by atoms with E-state index in [0.717, 1.165) is 57.2 Å². The van der Waals surface area contributed by atoms with Crippen molar-refractivity contribution in [3.63, 3.8) is 0 Å². The minimum atomic E-state index is -0.519. The smallest absolute Gasteiger partial charge is 0.319 e. The van der Waals surface area contributed by atoms with Crippen molar-refractivity contribution in [1.29, 1.82) is 0 Å². The van der Waals surface area contributed by atoms with Crippen LogP contribution < -0.4 is 19.7 Å². The highest BCUT2D eigenvalue weighted by molar-refractivity contribution is 6.05. The maximum atomic E-state index is 17.2. The van der Waals surface area contributed by atoms with Gasteiger partial charge in [-0.25, -0.2) is 4.39 Å². The van der Waals surface area contributed by atoms with Crippen LogP contribution in [0.15, 0.2) is 36.4 Å². The number of aromatic nitrogens is 2. The first-order valence-corrected chi connectivity index (χ1v) is 17.2. The van der Waals surface area contributed by atoms with Gasteiger partial charge in [0.1, 0.15) is 29.4 Å². The lowest BCUT2D eigenvalue weighted by Gasteiger charge is -2.40. The van der Waals surface area contributed by atoms with Crippen LogP contribution in [0.5, 0.6) is 17.5 Å². The topological polar surface area (TPSA) is 86.2 Å². The summed E-state index contributed by atoms with van der Waals surface area (Å²) in [7, 11) is 4.31. The lowest BCUT2D eigenvalue weighted by molar-refractivity contribution is 0.164. The Morgan fingerprint density at radius 1 is 1.12 bits per heavy atom. The minimum Gasteiger partial charge on any atom is -0.508 e. The Balaban J connectivity index is 1.15. The van der Waals surface area contributed by atoms with Crippen LogP contribution in [0.1, 0.15) is 37.7 Å². The van der Waals surface area contributed by atoms with Gasteiger partial charge in [-0.15, -0.1) is 6.42 Å². The summed E-state index contributed by atoms with van der Waals surface area (Å²) in [5.41, 5.74) is 1.58. The second kappa shape index (κ2) is 11.2. The number of rotatable bonds is 7. The largest absolute Gasteiger partial charge is 0.508 e. The van der Waals surface area contributed by atoms with E-state index in [1.165, 1.54) is 6.42 Å². The Bertz CT molecular complexity index is 1990. The maximum Gasteiger partial charge on any atom is 0.319 e. The molecule has 0 radical (unpaired) electrons. The number of hydrogen-bond donors (Lipinski definition) is 2. The fourth-order valence-corrected chi connectivity index (χ4v) is 8.64. The van der Waals surface area contributed by atoms with E-state index >= 15 is 4.39 Å². The highest BCUT2D eigenvalue weighted by atomic mass is 19.1. The molecular weight excluding hydrogens is 607 g/mol. The number of anilines is 1. The van der Waals surface area contributed by atoms with E-state index in [1.807, 2.05) is 18.2 Å². The first-order chi connectivity index (χ1) is 23.3. The van der Waals surface area contributed by atoms with Gasteiger partial charge in [0.05, 0.1) is 18.0 Å². The number of phenols is 1. The van der Waals surface area contributed by atoms with Gasteiger partial charge in [0.15, 0.2) is 5.82 Å². The molecule has 4 aromatic rings. The van der Waals surface area contributed by atoms with E-state index < -0.39 is 5.82 Å². The summed E-state index contributed by atoms with van der Waals surface area (Å²) in [5.74, 6) is 3.43. The Hall–Kier alpha value is -4.17. The van der Waals surface area contributed by atoms with Gasteiger partial charge in [0, 0.05) is 59.7 Å². The summed E-state index contributed by atoms with van der Waals surface area (Å²) < 4.78 is 30.2. The number of piperazine rings is 1. The Kier molecular flexibility index (Phi) is 6.98. The van der Waals surface area contributed by atoms with Crippen molar-refractivity contribution < 1.29 is 19.0 Å². The number of likely N-dealkylation sites (tertiary alicyclic amines) is 1. The van der Waals surface area contributed by atoms with Crippen LogP contribution in [0, 0.1) is 23.6 Å². The van der Waals surface area contributed by atoms with E-state index in [2.05, 4.69) is 40.0 Å². The van der Waals surface area contributed by atoms with Crippen LogP contribution in [0.2, 0.25) is 0 Å². The molecule has 2 N–H and O–H groups in total. The molecule has 5 aliphatic rings. The molecule has 1 saturated carbocycles. The summed E-state index contributed by atoms with van der Waals surface area (Å²) in [6.07, 6.45) is 11.4. The quantitative estimate of drug-likeness (QED) is 0.275. The molecule has 0 unspecified atom stereocenters. The number of aromatic hydroxyl groups is 1. The van der Waals surface area contributed by atoms with Crippen molar-refractivity contribution in [3.05, 3.63) is 47.8 Å². The molecule has 1 aromatic heterocycles. The number of hydrogen-bond acceptors (Lipinski definition) is 9. The second-order valence-electron chi connectivity index (χ2n) is 14.8. The molecule has 10 heteroatoms. The first kappa shape index (κ1) is 29.9. The first-order valence-electron chi connectivity index (χ1n) is 17.2. The third kappa shape index (κ3) is 4.94. The van der Waals surface area contributed by atoms with E-state index in [9.17, 15) is 5.11 Å². The predicted molar refractivity (Wildman–Crippen MR) is 184 cm³/mol. The highest BCUT2D eigenvalue weighted by Gasteiger charge is 2.47. The van der Waals surface area contributed by atoms with E-state index in [1.54, 1.807) is 18.2 Å². The van der Waals surface area contributed by atoms with Gasteiger partial charge < -0.3 is 34.6 Å². The number of phenolic OH excluding ortho intramolecular Hbond substituents is 1. The summed E-state index contributed by atoms with van der Waals surface area (Å²) in [4.78, 5) is 17.0. The van der Waals surface area contributed by atoms with Crippen molar-refractivity contribution in [2.45, 2.75) is 56.3 Å². The molecule has 0 amide bonds. The van der Waals surface area contributed by atoms with Gasteiger partial charge in [0.2, 0.25) is 0 Å². The lowest BCUT2D eigenvalue weighted by atomic mass is 9.93. The molecule has 0 spiro atoms. The fourth-order valence-electron chi connectivity index (χ4n) is 8.64. The van der Waals surface area contributed by atoms with Gasteiger partial charge in [-0.05, 0) is 88.0 Å². The van der Waals surface area contributed by atoms with E-state index in [-0.39, 0.29) is 40.3 Å². The Morgan fingerprint density at radius 3 is 2.79 bits per heavy atom. The van der Waals surface area contributed by atoms with Crippen molar-refractivity contribution >= 4 is 27.5 Å². The van der Waals surface area contributed by atoms with E-state index in [0.29, 0.717) is 58.8 Å². The highest BCUT2D eigenvalue weighted by Crippen LogP contribution is 2.49. The molecule has 3 saturated heterocycles. The molecule has 4 fully saturated rings. The average Bonchev–Trinajstić information content (AvgIpc) is 3.54. The van der Waals surface area contributed by atoms with Crippen LogP contribution in [0.3, 0.4) is 0 Å². The van der Waals surface area contributed by atoms with E-state index in [4.69, 9.17) is 25.9 Å². The minimum absolute atomic E-state index is 0.0224. The molecule has 9 nitrogen and oxygen atoms in total. The molecule has 5 heterocycles. The summed E-state index contributed by atoms with van der Waals surface area (Å²) in [6, 6.07) is 11.9. The molecule has 9 rings (SSSR count). The van der Waals surface area contributed by atoms with Crippen LogP contribution >= 0.6 is 0 Å². The number of halogens is 1. The van der Waals surface area contributed by atoms with Gasteiger partial charge >= 0.3 is 6.01 Å². The summed E-state index contributed by atoms with van der Waals surface area (Å²) in [5, 5.41) is 16.5. The van der Waals surface area contributed by atoms with Crippen molar-refractivity contribution in [1.82, 2.24) is 25.1 Å². The molecule has 3 aromatic carbocycles. The number of terminal acetylenes is 1. The molecule has 4 atom stereocenters. The summed E-state index contributed by atoms with van der Waals surface area (Å²) in [6.45, 7) is 4.83. The van der Waals surface area contributed by atoms with Gasteiger partial charge in [-0.2, -0.15) is 9.97 Å². The number of ether oxygens (including phenoxy) is 2. The number of benzene rings is 3. The molecule has 4 aliphatic heterocycles. The van der Waals surface area contributed by atoms with Gasteiger partial charge in [-0.1, -0.05) is 18.1 Å². The Labute approximate surface area is 280 Å². The molecule has 2 bridgehead atoms. The number of nitrogens with one attached hydrogen (secondary N) is 1. The van der Waals surface area contributed by atoms with Crippen molar-refractivity contribution in [2.24, 2.45) is 5.41 Å². The van der Waals surface area contributed by atoms with Gasteiger partial charge in [0.25, 0.3) is 0 Å². The molecular formula is C38H41FN6O3. The number of nitrogens with zero attached hydrogens (tertiary/aromatic N) is 5. The van der Waals surface area contributed by atoms with Crippen LogP contribution in [-0.2, 0) is 0 Å². The maximum absolute atomic E-state index is 17.2. The third-order valence-electron chi connectivity index (χ3n) is 11.5. The zero-order chi connectivity index (χ0) is 32.7. The fraction of sp³-hybridized carbons (Fsp3) is 0.474. The third-order valence-corrected chi connectivity index (χ3v) is 11.5. The van der Waals surface area contributed by atoms with Crippen LogP contribution in [0.25, 0.3) is 32.8 Å². The zero-order valence-electron chi connectivity index (χ0n) is 27.5. The normalized spacial score (nSPS) is 25.6. The van der Waals surface area contributed by atoms with Crippen molar-refractivity contribution in [2.75, 3.05) is 58.4 Å². The van der Waals surface area contributed by atoms with Crippen molar-refractivity contribution in [3.8, 4) is 41.0 Å². The Morgan fingerprint density at radius 2 is 2.00 bits per heavy atom. The average molecular weight is 649 g/mol. The summed E-state index contributed by atoms with van der Waals surface area (Å²) >= 11 is 0. The van der Waals surface area contributed by atoms with Gasteiger partial charge in [-0.3, -0.25) is 0 Å². The molecule has 48 heavy (non-hydrogen) atoms. The van der Waals surface area contributed by atoms with Crippen LogP contribution in [-0.4, -0.2) is 103 Å². The molecule has 1 aliphatic carbocycles. The number of likely N-dealkylation sites (N-methyl/N-ethyl adjacent to an activating group) is 1. The monoisotopic (exact) mass is 648 g/mol. The molecule has 248 valence electrons. The SMILES string of the molecule is C#Cc1cccc2cc(O)cc(-c3cc4c5c(nc(OCC6(CN7CC[C@@H](N(C)C)C7)CC6)nc5c3F)N3C[C@H]5CC[C@H](N5)[C@H]3CO4)c12. The lowest BCUT2D eigenvalue weighted by Crippen LogP contribution is -2.60. The predicted octanol–water partition coefficient (Wildman–Crippen LogP) is 4.77.